The van der Waals surface area contributed by atoms with Crippen molar-refractivity contribution >= 4 is 39.3 Å². The zero-order chi connectivity index (χ0) is 22.1. The Morgan fingerprint density at radius 3 is 2.34 bits per heavy atom. The molecular formula is C18H11BrClF7O2. The average molecular weight is 508 g/mol. The number of alkyl halides is 6. The summed E-state index contributed by atoms with van der Waals surface area (Å²) in [6.45, 7) is 0. The van der Waals surface area contributed by atoms with Crippen LogP contribution in [0.25, 0.3) is 5.83 Å². The predicted molar refractivity (Wildman–Crippen MR) is 96.1 cm³/mol. The van der Waals surface area contributed by atoms with Crippen molar-refractivity contribution in [2.75, 3.05) is 0 Å². The molecule has 29 heavy (non-hydrogen) atoms. The third-order valence-corrected chi connectivity index (χ3v) is 5.49. The van der Waals surface area contributed by atoms with Crippen LogP contribution in [-0.2, 0) is 6.18 Å². The number of rotatable bonds is 4. The van der Waals surface area contributed by atoms with Crippen molar-refractivity contribution in [1.29, 1.82) is 0 Å². The predicted octanol–water partition coefficient (Wildman–Crippen LogP) is 7.31. The van der Waals surface area contributed by atoms with E-state index < -0.39 is 52.7 Å². The number of aromatic carboxylic acids is 1. The quantitative estimate of drug-likeness (QED) is 0.434. The molecule has 11 heteroatoms. The van der Waals surface area contributed by atoms with Crippen molar-refractivity contribution in [2.24, 2.45) is 11.8 Å². The molecule has 0 aliphatic heterocycles. The molecule has 158 valence electrons. The van der Waals surface area contributed by atoms with E-state index in [9.17, 15) is 35.5 Å². The molecule has 0 amide bonds. The fraction of sp³-hybridized carbons (Fsp3) is 0.278. The lowest BCUT2D eigenvalue weighted by Crippen LogP contribution is -2.29. The van der Waals surface area contributed by atoms with Crippen LogP contribution in [0, 0.1) is 11.8 Å². The summed E-state index contributed by atoms with van der Waals surface area (Å²) in [5, 5.41) is 8.93. The number of hydrogen-bond acceptors (Lipinski definition) is 1. The van der Waals surface area contributed by atoms with E-state index in [2.05, 4.69) is 15.9 Å². The Hall–Kier alpha value is -1.81. The molecule has 0 aromatic heterocycles. The molecule has 0 spiro atoms. The van der Waals surface area contributed by atoms with E-state index >= 15 is 0 Å². The molecule has 0 bridgehead atoms. The molecule has 1 aliphatic rings. The number of carbonyl (C=O) groups is 1. The van der Waals surface area contributed by atoms with Crippen molar-refractivity contribution in [1.82, 2.24) is 0 Å². The highest BCUT2D eigenvalue weighted by molar-refractivity contribution is 9.12. The smallest absolute Gasteiger partial charge is 0.417 e. The van der Waals surface area contributed by atoms with Gasteiger partial charge in [0.1, 0.15) is 5.83 Å². The number of benzene rings is 1. The van der Waals surface area contributed by atoms with Gasteiger partial charge in [0.25, 0.3) is 0 Å². The van der Waals surface area contributed by atoms with Gasteiger partial charge in [0, 0.05) is 15.1 Å². The Labute approximate surface area is 173 Å². The van der Waals surface area contributed by atoms with Crippen molar-refractivity contribution in [2.45, 2.75) is 18.8 Å². The second-order valence-electron chi connectivity index (χ2n) is 6.13. The first-order chi connectivity index (χ1) is 13.2. The van der Waals surface area contributed by atoms with Crippen LogP contribution in [0.15, 0.2) is 45.9 Å². The molecule has 2 rings (SSSR count). The summed E-state index contributed by atoms with van der Waals surface area (Å²) < 4.78 is 94.5. The van der Waals surface area contributed by atoms with Crippen molar-refractivity contribution in [3.8, 4) is 0 Å². The maximum Gasteiger partial charge on any atom is 0.417 e. The lowest BCUT2D eigenvalue weighted by atomic mass is 9.85. The molecule has 0 radical (unpaired) electrons. The van der Waals surface area contributed by atoms with E-state index in [-0.39, 0.29) is 23.6 Å². The van der Waals surface area contributed by atoms with Gasteiger partial charge >= 0.3 is 18.3 Å². The number of carboxylic acids is 1. The topological polar surface area (TPSA) is 37.3 Å². The SMILES string of the molecule is O=C(O)c1ccc(/C(F)=C/C(C2C=CC(Br)=C(Cl)C2)C(F)(F)F)cc1C(F)(F)F. The Morgan fingerprint density at radius 1 is 1.24 bits per heavy atom. The van der Waals surface area contributed by atoms with Gasteiger partial charge in [-0.2, -0.15) is 26.3 Å². The summed E-state index contributed by atoms with van der Waals surface area (Å²) in [6, 6.07) is 1.34. The zero-order valence-electron chi connectivity index (χ0n) is 14.1. The molecular weight excluding hydrogens is 497 g/mol. The fourth-order valence-electron chi connectivity index (χ4n) is 2.75. The minimum atomic E-state index is -5.13. The standard InChI is InChI=1S/C18H11BrClF7O2/c19-13-4-2-8(6-14(13)20)11(17(22,23)24)7-15(21)9-1-3-10(16(28)29)12(5-9)18(25,26)27/h1-5,7-8,11H,6H2,(H,28,29)/b15-7-. The van der Waals surface area contributed by atoms with Gasteiger partial charge in [0.05, 0.1) is 17.0 Å². The first kappa shape index (κ1) is 23.5. The summed E-state index contributed by atoms with van der Waals surface area (Å²) >= 11 is 8.90. The van der Waals surface area contributed by atoms with E-state index in [1.54, 1.807) is 0 Å². The number of hydrogen-bond donors (Lipinski definition) is 1. The van der Waals surface area contributed by atoms with Gasteiger partial charge in [-0.25, -0.2) is 9.18 Å². The maximum absolute atomic E-state index is 14.5. The van der Waals surface area contributed by atoms with Crippen LogP contribution in [0.4, 0.5) is 30.7 Å². The summed E-state index contributed by atoms with van der Waals surface area (Å²) in [4.78, 5) is 10.9. The highest BCUT2D eigenvalue weighted by atomic mass is 79.9. The van der Waals surface area contributed by atoms with Crippen molar-refractivity contribution in [3.05, 3.63) is 62.6 Å². The summed E-state index contributed by atoms with van der Waals surface area (Å²) in [6.07, 6.45) is -7.66. The van der Waals surface area contributed by atoms with Crippen LogP contribution in [0.1, 0.15) is 27.9 Å². The van der Waals surface area contributed by atoms with E-state index in [0.29, 0.717) is 16.6 Å². The van der Waals surface area contributed by atoms with Gasteiger partial charge in [-0.05, 0) is 46.5 Å². The lowest BCUT2D eigenvalue weighted by Gasteiger charge is -2.26. The molecule has 0 fully saturated rings. The van der Waals surface area contributed by atoms with Gasteiger partial charge in [-0.1, -0.05) is 29.8 Å². The van der Waals surface area contributed by atoms with Gasteiger partial charge in [0.15, 0.2) is 0 Å². The average Bonchev–Trinajstić information content (AvgIpc) is 2.59. The zero-order valence-corrected chi connectivity index (χ0v) is 16.4. The molecule has 1 aliphatic carbocycles. The van der Waals surface area contributed by atoms with Crippen molar-refractivity contribution in [3.63, 3.8) is 0 Å². The van der Waals surface area contributed by atoms with Gasteiger partial charge in [-0.3, -0.25) is 0 Å². The molecule has 1 N–H and O–H groups in total. The summed E-state index contributed by atoms with van der Waals surface area (Å²) in [5.74, 6) is -7.09. The molecule has 0 heterocycles. The first-order valence-corrected chi connectivity index (χ1v) is 9.00. The Balaban J connectivity index is 2.48. The Bertz CT molecular complexity index is 900. The molecule has 2 atom stereocenters. The maximum atomic E-state index is 14.5. The molecule has 0 saturated carbocycles. The van der Waals surface area contributed by atoms with E-state index in [0.717, 1.165) is 0 Å². The van der Waals surface area contributed by atoms with Crippen LogP contribution in [0.5, 0.6) is 0 Å². The van der Waals surface area contributed by atoms with Crippen LogP contribution in [0.2, 0.25) is 0 Å². The second-order valence-corrected chi connectivity index (χ2v) is 7.44. The van der Waals surface area contributed by atoms with E-state index in [4.69, 9.17) is 16.7 Å². The highest BCUT2D eigenvalue weighted by Crippen LogP contribution is 2.43. The number of halogens is 9. The lowest BCUT2D eigenvalue weighted by molar-refractivity contribution is -0.170. The van der Waals surface area contributed by atoms with Crippen LogP contribution in [-0.4, -0.2) is 17.3 Å². The minimum absolute atomic E-state index is 0.0886. The highest BCUT2D eigenvalue weighted by Gasteiger charge is 2.44. The van der Waals surface area contributed by atoms with Gasteiger partial charge < -0.3 is 5.11 Å². The second kappa shape index (κ2) is 8.51. The normalized spacial score (nSPS) is 19.5. The largest absolute Gasteiger partial charge is 0.478 e. The van der Waals surface area contributed by atoms with E-state index in [1.807, 2.05) is 0 Å². The number of carboxylic acid groups (broad SMARTS) is 1. The van der Waals surface area contributed by atoms with Gasteiger partial charge in [-0.15, -0.1) is 0 Å². The first-order valence-electron chi connectivity index (χ1n) is 7.83. The van der Waals surface area contributed by atoms with Crippen molar-refractivity contribution < 1.29 is 40.6 Å². The molecule has 2 nitrogen and oxygen atoms in total. The van der Waals surface area contributed by atoms with E-state index in [1.165, 1.54) is 12.2 Å². The fourth-order valence-corrected chi connectivity index (χ4v) is 3.30. The monoisotopic (exact) mass is 506 g/mol. The summed E-state index contributed by atoms with van der Waals surface area (Å²) in [7, 11) is 0. The Morgan fingerprint density at radius 2 is 1.86 bits per heavy atom. The third-order valence-electron chi connectivity index (χ3n) is 4.16. The Kier molecular flexibility index (Phi) is 6.89. The molecule has 2 unspecified atom stereocenters. The number of allylic oxidation sites excluding steroid dienone is 5. The third kappa shape index (κ3) is 5.63. The molecule has 1 aromatic carbocycles. The summed E-state index contributed by atoms with van der Waals surface area (Å²) in [5.41, 5.74) is -3.63. The van der Waals surface area contributed by atoms with Gasteiger partial charge in [0.2, 0.25) is 0 Å². The van der Waals surface area contributed by atoms with Crippen LogP contribution < -0.4 is 0 Å². The van der Waals surface area contributed by atoms with Crippen LogP contribution >= 0.6 is 27.5 Å². The molecule has 0 saturated heterocycles. The molecule has 1 aromatic rings. The van der Waals surface area contributed by atoms with Crippen LogP contribution in [0.3, 0.4) is 0 Å². The minimum Gasteiger partial charge on any atom is -0.478 e.